The molecule has 16 heavy (non-hydrogen) atoms. The van der Waals surface area contributed by atoms with E-state index in [0.29, 0.717) is 0 Å². The minimum atomic E-state index is 0.725. The Morgan fingerprint density at radius 1 is 1.50 bits per heavy atom. The van der Waals surface area contributed by atoms with Crippen molar-refractivity contribution in [2.24, 2.45) is 7.05 Å². The molecule has 2 aromatic heterocycles. The van der Waals surface area contributed by atoms with Crippen molar-refractivity contribution in [2.75, 3.05) is 5.32 Å². The Balaban J connectivity index is 2.07. The van der Waals surface area contributed by atoms with E-state index < -0.39 is 0 Å². The highest BCUT2D eigenvalue weighted by atomic mass is 79.9. The van der Waals surface area contributed by atoms with Gasteiger partial charge in [0.15, 0.2) is 0 Å². The van der Waals surface area contributed by atoms with Gasteiger partial charge in [0, 0.05) is 31.5 Å². The average Bonchev–Trinajstić information content (AvgIpc) is 2.67. The number of rotatable bonds is 3. The molecular formula is C11H13BrN4. The van der Waals surface area contributed by atoms with Crippen molar-refractivity contribution in [3.8, 4) is 0 Å². The fraction of sp³-hybridized carbons (Fsp3) is 0.273. The first kappa shape index (κ1) is 11.1. The summed E-state index contributed by atoms with van der Waals surface area (Å²) in [5.41, 5.74) is 2.31. The SMILES string of the molecule is Cc1ccnc(NCc2cnn(C)c2)c1Br. The maximum absolute atomic E-state index is 4.28. The molecule has 0 bridgehead atoms. The van der Waals surface area contributed by atoms with Crippen molar-refractivity contribution < 1.29 is 0 Å². The molecular weight excluding hydrogens is 268 g/mol. The van der Waals surface area contributed by atoms with Crippen LogP contribution >= 0.6 is 15.9 Å². The lowest BCUT2D eigenvalue weighted by atomic mass is 10.3. The number of aryl methyl sites for hydroxylation is 2. The van der Waals surface area contributed by atoms with Gasteiger partial charge in [0.2, 0.25) is 0 Å². The molecule has 0 aliphatic carbocycles. The van der Waals surface area contributed by atoms with Crippen molar-refractivity contribution >= 4 is 21.7 Å². The van der Waals surface area contributed by atoms with Gasteiger partial charge in [-0.2, -0.15) is 5.10 Å². The molecule has 0 atom stereocenters. The molecule has 0 aromatic carbocycles. The fourth-order valence-corrected chi connectivity index (χ4v) is 1.79. The third-order valence-electron chi connectivity index (χ3n) is 2.30. The number of pyridine rings is 1. The average molecular weight is 281 g/mol. The summed E-state index contributed by atoms with van der Waals surface area (Å²) >= 11 is 3.51. The molecule has 5 heteroatoms. The van der Waals surface area contributed by atoms with E-state index in [-0.39, 0.29) is 0 Å². The zero-order valence-electron chi connectivity index (χ0n) is 9.24. The van der Waals surface area contributed by atoms with Crippen LogP contribution in [0.2, 0.25) is 0 Å². The van der Waals surface area contributed by atoms with Gasteiger partial charge in [0.05, 0.1) is 10.7 Å². The Hall–Kier alpha value is -1.36. The van der Waals surface area contributed by atoms with E-state index in [9.17, 15) is 0 Å². The van der Waals surface area contributed by atoms with Crippen LogP contribution in [0.4, 0.5) is 5.82 Å². The van der Waals surface area contributed by atoms with Gasteiger partial charge in [0.1, 0.15) is 5.82 Å². The van der Waals surface area contributed by atoms with Crippen molar-refractivity contribution in [1.29, 1.82) is 0 Å². The minimum Gasteiger partial charge on any atom is -0.365 e. The van der Waals surface area contributed by atoms with Gasteiger partial charge in [-0.05, 0) is 34.5 Å². The summed E-state index contributed by atoms with van der Waals surface area (Å²) in [7, 11) is 1.91. The summed E-state index contributed by atoms with van der Waals surface area (Å²) in [4.78, 5) is 4.28. The molecule has 84 valence electrons. The molecule has 0 unspecified atom stereocenters. The highest BCUT2D eigenvalue weighted by molar-refractivity contribution is 9.10. The normalized spacial score (nSPS) is 10.4. The van der Waals surface area contributed by atoms with Crippen LogP contribution in [0.15, 0.2) is 29.1 Å². The van der Waals surface area contributed by atoms with Crippen LogP contribution in [0.25, 0.3) is 0 Å². The predicted molar refractivity (Wildman–Crippen MR) is 67.2 cm³/mol. The number of hydrogen-bond acceptors (Lipinski definition) is 3. The fourth-order valence-electron chi connectivity index (χ4n) is 1.41. The largest absolute Gasteiger partial charge is 0.365 e. The van der Waals surface area contributed by atoms with Gasteiger partial charge in [-0.1, -0.05) is 0 Å². The molecule has 0 amide bonds. The highest BCUT2D eigenvalue weighted by Gasteiger charge is 2.03. The second-order valence-corrected chi connectivity index (χ2v) is 4.46. The van der Waals surface area contributed by atoms with Crippen LogP contribution in [0.5, 0.6) is 0 Å². The first-order valence-corrected chi connectivity index (χ1v) is 5.78. The molecule has 0 saturated carbocycles. The van der Waals surface area contributed by atoms with Crippen molar-refractivity contribution in [2.45, 2.75) is 13.5 Å². The maximum Gasteiger partial charge on any atom is 0.140 e. The van der Waals surface area contributed by atoms with E-state index in [1.54, 1.807) is 10.9 Å². The first-order valence-electron chi connectivity index (χ1n) is 4.99. The number of hydrogen-bond donors (Lipinski definition) is 1. The zero-order valence-corrected chi connectivity index (χ0v) is 10.8. The van der Waals surface area contributed by atoms with Crippen LogP contribution < -0.4 is 5.32 Å². The third kappa shape index (κ3) is 2.41. The van der Waals surface area contributed by atoms with Gasteiger partial charge in [-0.15, -0.1) is 0 Å². The zero-order chi connectivity index (χ0) is 11.5. The Morgan fingerprint density at radius 2 is 2.31 bits per heavy atom. The third-order valence-corrected chi connectivity index (χ3v) is 3.30. The van der Waals surface area contributed by atoms with Crippen molar-refractivity contribution in [3.63, 3.8) is 0 Å². The number of aromatic nitrogens is 3. The molecule has 0 saturated heterocycles. The lowest BCUT2D eigenvalue weighted by molar-refractivity contribution is 0.767. The molecule has 1 N–H and O–H groups in total. The summed E-state index contributed by atoms with van der Waals surface area (Å²) in [6.07, 6.45) is 5.62. The predicted octanol–water partition coefficient (Wildman–Crippen LogP) is 2.50. The summed E-state index contributed by atoms with van der Waals surface area (Å²) in [6.45, 7) is 2.77. The van der Waals surface area contributed by atoms with E-state index >= 15 is 0 Å². The summed E-state index contributed by atoms with van der Waals surface area (Å²) < 4.78 is 2.80. The lowest BCUT2D eigenvalue weighted by Crippen LogP contribution is -2.01. The monoisotopic (exact) mass is 280 g/mol. The molecule has 0 aliphatic heterocycles. The van der Waals surface area contributed by atoms with Gasteiger partial charge >= 0.3 is 0 Å². The van der Waals surface area contributed by atoms with E-state index in [1.165, 1.54) is 5.56 Å². The molecule has 2 rings (SSSR count). The molecule has 0 fully saturated rings. The Bertz CT molecular complexity index is 492. The van der Waals surface area contributed by atoms with E-state index in [0.717, 1.165) is 22.4 Å². The number of nitrogens with one attached hydrogen (secondary N) is 1. The van der Waals surface area contributed by atoms with Gasteiger partial charge in [-0.3, -0.25) is 4.68 Å². The van der Waals surface area contributed by atoms with Gasteiger partial charge < -0.3 is 5.32 Å². The number of halogens is 1. The first-order chi connectivity index (χ1) is 7.66. The topological polar surface area (TPSA) is 42.7 Å². The molecule has 0 spiro atoms. The van der Waals surface area contributed by atoms with E-state index in [1.807, 2.05) is 32.4 Å². The molecule has 0 radical (unpaired) electrons. The van der Waals surface area contributed by atoms with Crippen LogP contribution in [0.1, 0.15) is 11.1 Å². The van der Waals surface area contributed by atoms with E-state index in [2.05, 4.69) is 31.3 Å². The number of nitrogens with zero attached hydrogens (tertiary/aromatic N) is 3. The summed E-state index contributed by atoms with van der Waals surface area (Å²) in [5, 5.41) is 7.39. The summed E-state index contributed by atoms with van der Waals surface area (Å²) in [5.74, 6) is 0.865. The maximum atomic E-state index is 4.28. The standard InChI is InChI=1S/C11H13BrN4/c1-8-3-4-13-11(10(8)12)14-5-9-6-15-16(2)7-9/h3-4,6-7H,5H2,1-2H3,(H,13,14). The molecule has 2 aromatic rings. The Kier molecular flexibility index (Phi) is 3.24. The highest BCUT2D eigenvalue weighted by Crippen LogP contribution is 2.23. The molecule has 0 aliphatic rings. The van der Waals surface area contributed by atoms with Crippen molar-refractivity contribution in [1.82, 2.24) is 14.8 Å². The second-order valence-electron chi connectivity index (χ2n) is 3.67. The van der Waals surface area contributed by atoms with Crippen LogP contribution in [0.3, 0.4) is 0 Å². The lowest BCUT2D eigenvalue weighted by Gasteiger charge is -2.07. The Morgan fingerprint density at radius 3 is 3.00 bits per heavy atom. The smallest absolute Gasteiger partial charge is 0.140 e. The number of anilines is 1. The Labute approximate surface area is 103 Å². The second kappa shape index (κ2) is 4.65. The van der Waals surface area contributed by atoms with Crippen LogP contribution in [-0.4, -0.2) is 14.8 Å². The molecule has 2 heterocycles. The minimum absolute atomic E-state index is 0.725. The van der Waals surface area contributed by atoms with Gasteiger partial charge in [-0.25, -0.2) is 4.98 Å². The quantitative estimate of drug-likeness (QED) is 0.940. The van der Waals surface area contributed by atoms with E-state index in [4.69, 9.17) is 0 Å². The van der Waals surface area contributed by atoms with Crippen molar-refractivity contribution in [3.05, 3.63) is 40.3 Å². The summed E-state index contributed by atoms with van der Waals surface area (Å²) in [6, 6.07) is 1.97. The molecule has 4 nitrogen and oxygen atoms in total. The van der Waals surface area contributed by atoms with Crippen LogP contribution in [0, 0.1) is 6.92 Å². The van der Waals surface area contributed by atoms with Crippen LogP contribution in [-0.2, 0) is 13.6 Å². The van der Waals surface area contributed by atoms with Gasteiger partial charge in [0.25, 0.3) is 0 Å².